The lowest BCUT2D eigenvalue weighted by Gasteiger charge is -2.27. The van der Waals surface area contributed by atoms with Crippen LogP contribution in [0.15, 0.2) is 53.0 Å². The van der Waals surface area contributed by atoms with Crippen LogP contribution in [0.2, 0.25) is 0 Å². The fraction of sp³-hybridized carbons (Fsp3) is 0.238. The molecule has 0 saturated heterocycles. The maximum Gasteiger partial charge on any atom is 0.187 e. The minimum Gasteiger partial charge on any atom is -0.341 e. The Morgan fingerprint density at radius 1 is 1.08 bits per heavy atom. The van der Waals surface area contributed by atoms with E-state index in [0.29, 0.717) is 5.69 Å². The van der Waals surface area contributed by atoms with Crippen molar-refractivity contribution in [3.05, 3.63) is 70.6 Å². The smallest absolute Gasteiger partial charge is 0.187 e. The van der Waals surface area contributed by atoms with Crippen molar-refractivity contribution < 1.29 is 0 Å². The highest BCUT2D eigenvalue weighted by Crippen LogP contribution is 2.41. The van der Waals surface area contributed by atoms with Gasteiger partial charge in [0.2, 0.25) is 0 Å². The van der Waals surface area contributed by atoms with Gasteiger partial charge in [-0.05, 0) is 43.5 Å². The molecular weight excluding hydrogens is 294 g/mol. The number of para-hydroxylation sites is 1. The van der Waals surface area contributed by atoms with Crippen molar-refractivity contribution in [1.82, 2.24) is 0 Å². The Balaban J connectivity index is 1.87. The van der Waals surface area contributed by atoms with E-state index in [-0.39, 0.29) is 0 Å². The maximum atomic E-state index is 7.21. The second-order valence-electron chi connectivity index (χ2n) is 6.38. The first-order valence-electron chi connectivity index (χ1n) is 8.27. The molecule has 0 spiro atoms. The Kier molecular flexibility index (Phi) is 3.46. The van der Waals surface area contributed by atoms with Crippen LogP contribution in [0, 0.1) is 13.5 Å². The third kappa shape index (κ3) is 2.23. The Bertz CT molecular complexity index is 928. The van der Waals surface area contributed by atoms with Gasteiger partial charge in [0.1, 0.15) is 0 Å². The van der Waals surface area contributed by atoms with Gasteiger partial charge in [-0.2, -0.15) is 0 Å². The molecule has 0 amide bonds. The van der Waals surface area contributed by atoms with Gasteiger partial charge in [-0.25, -0.2) is 4.85 Å². The molecule has 0 aliphatic carbocycles. The van der Waals surface area contributed by atoms with Crippen LogP contribution in [-0.4, -0.2) is 18.8 Å². The summed E-state index contributed by atoms with van der Waals surface area (Å²) in [6.07, 6.45) is 1.02. The quantitative estimate of drug-likeness (QED) is 0.653. The summed E-state index contributed by atoms with van der Waals surface area (Å²) in [6.45, 7) is 13.2. The molecular formula is C21H19N3. The molecule has 3 nitrogen and oxygen atoms in total. The van der Waals surface area contributed by atoms with E-state index in [2.05, 4.69) is 58.9 Å². The van der Waals surface area contributed by atoms with Gasteiger partial charge in [0, 0.05) is 34.8 Å². The topological polar surface area (TPSA) is 20.0 Å². The van der Waals surface area contributed by atoms with Crippen LogP contribution in [0.3, 0.4) is 0 Å². The molecule has 4 rings (SSSR count). The third-order valence-electron chi connectivity index (χ3n) is 4.92. The molecule has 118 valence electrons. The predicted octanol–water partition coefficient (Wildman–Crippen LogP) is 5.32. The molecule has 2 heterocycles. The SMILES string of the molecule is [C-]#[N+]c1ccc(N2CCC3=C(C(C)=NC3)c3ccccc32)c(C)c1. The van der Waals surface area contributed by atoms with Gasteiger partial charge in [-0.15, -0.1) is 0 Å². The zero-order valence-electron chi connectivity index (χ0n) is 14.0. The summed E-state index contributed by atoms with van der Waals surface area (Å²) in [7, 11) is 0. The van der Waals surface area contributed by atoms with Crippen LogP contribution < -0.4 is 4.90 Å². The number of benzene rings is 2. The zero-order valence-corrected chi connectivity index (χ0v) is 14.0. The minimum atomic E-state index is 0.697. The average molecular weight is 313 g/mol. The second kappa shape index (κ2) is 5.65. The van der Waals surface area contributed by atoms with Crippen LogP contribution in [0.4, 0.5) is 17.1 Å². The van der Waals surface area contributed by atoms with Crippen LogP contribution in [0.25, 0.3) is 10.4 Å². The molecule has 3 heteroatoms. The molecule has 0 atom stereocenters. The molecule has 0 unspecified atom stereocenters. The summed E-state index contributed by atoms with van der Waals surface area (Å²) in [5, 5.41) is 0. The first-order chi connectivity index (χ1) is 11.7. The number of hydrogen-bond donors (Lipinski definition) is 0. The third-order valence-corrected chi connectivity index (χ3v) is 4.92. The molecule has 2 aliphatic heterocycles. The van der Waals surface area contributed by atoms with Crippen molar-refractivity contribution in [3.8, 4) is 0 Å². The monoisotopic (exact) mass is 313 g/mol. The molecule has 2 aliphatic rings. The molecule has 0 N–H and O–H groups in total. The molecule has 2 aromatic carbocycles. The molecule has 0 fully saturated rings. The van der Waals surface area contributed by atoms with Gasteiger partial charge in [-0.1, -0.05) is 30.3 Å². The standard InChI is InChI=1S/C21H19N3/c1-14-12-17(22-3)8-9-19(14)24-11-10-16-13-23-15(2)21(16)18-6-4-5-7-20(18)24/h4-9,12H,10-11,13H2,1-2H3. The summed E-state index contributed by atoms with van der Waals surface area (Å²) >= 11 is 0. The average Bonchev–Trinajstić information content (AvgIpc) is 2.88. The van der Waals surface area contributed by atoms with E-state index >= 15 is 0 Å². The number of aryl methyl sites for hydroxylation is 1. The van der Waals surface area contributed by atoms with Gasteiger partial charge >= 0.3 is 0 Å². The van der Waals surface area contributed by atoms with Crippen LogP contribution in [-0.2, 0) is 0 Å². The fourth-order valence-corrected chi connectivity index (χ4v) is 3.77. The molecule has 0 saturated carbocycles. The van der Waals surface area contributed by atoms with Crippen molar-refractivity contribution in [3.63, 3.8) is 0 Å². The van der Waals surface area contributed by atoms with Gasteiger partial charge in [0.05, 0.1) is 13.1 Å². The lowest BCUT2D eigenvalue weighted by Crippen LogP contribution is -2.19. The van der Waals surface area contributed by atoms with Crippen molar-refractivity contribution in [2.45, 2.75) is 20.3 Å². The summed E-state index contributed by atoms with van der Waals surface area (Å²) in [5.74, 6) is 0. The van der Waals surface area contributed by atoms with Crippen molar-refractivity contribution in [2.24, 2.45) is 4.99 Å². The minimum absolute atomic E-state index is 0.697. The molecule has 24 heavy (non-hydrogen) atoms. The van der Waals surface area contributed by atoms with Crippen LogP contribution in [0.5, 0.6) is 0 Å². The van der Waals surface area contributed by atoms with Crippen molar-refractivity contribution in [1.29, 1.82) is 0 Å². The normalized spacial score (nSPS) is 16.2. The highest BCUT2D eigenvalue weighted by Gasteiger charge is 2.26. The number of aliphatic imine (C=N–C) groups is 1. The van der Waals surface area contributed by atoms with Crippen LogP contribution in [0.1, 0.15) is 24.5 Å². The fourth-order valence-electron chi connectivity index (χ4n) is 3.77. The molecule has 2 aromatic rings. The largest absolute Gasteiger partial charge is 0.341 e. The van der Waals surface area contributed by atoms with E-state index in [0.717, 1.165) is 30.8 Å². The Morgan fingerprint density at radius 2 is 1.92 bits per heavy atom. The maximum absolute atomic E-state index is 7.21. The first-order valence-corrected chi connectivity index (χ1v) is 8.27. The number of fused-ring (bicyclic) bond motifs is 2. The number of hydrogen-bond acceptors (Lipinski definition) is 2. The first kappa shape index (κ1) is 14.7. The van der Waals surface area contributed by atoms with Gasteiger partial charge in [-0.3, -0.25) is 4.99 Å². The lowest BCUT2D eigenvalue weighted by atomic mass is 9.96. The highest BCUT2D eigenvalue weighted by molar-refractivity contribution is 6.26. The van der Waals surface area contributed by atoms with Crippen LogP contribution >= 0.6 is 0 Å². The van der Waals surface area contributed by atoms with E-state index in [1.165, 1.54) is 28.1 Å². The summed E-state index contributed by atoms with van der Waals surface area (Å²) in [6, 6.07) is 14.6. The zero-order chi connectivity index (χ0) is 16.7. The molecule has 0 radical (unpaired) electrons. The summed E-state index contributed by atoms with van der Waals surface area (Å²) in [5.41, 5.74) is 9.47. The van der Waals surface area contributed by atoms with Gasteiger partial charge < -0.3 is 4.90 Å². The molecule has 0 aromatic heterocycles. The predicted molar refractivity (Wildman–Crippen MR) is 100 cm³/mol. The van der Waals surface area contributed by atoms with Gasteiger partial charge in [0.15, 0.2) is 5.69 Å². The van der Waals surface area contributed by atoms with E-state index in [9.17, 15) is 0 Å². The van der Waals surface area contributed by atoms with E-state index in [1.807, 2.05) is 12.1 Å². The number of nitrogens with zero attached hydrogens (tertiary/aromatic N) is 3. The van der Waals surface area contributed by atoms with E-state index in [4.69, 9.17) is 6.57 Å². The van der Waals surface area contributed by atoms with Gasteiger partial charge in [0.25, 0.3) is 0 Å². The summed E-state index contributed by atoms with van der Waals surface area (Å²) < 4.78 is 0. The Labute approximate surface area is 142 Å². The van der Waals surface area contributed by atoms with E-state index in [1.54, 1.807) is 0 Å². The molecule has 0 bridgehead atoms. The van der Waals surface area contributed by atoms with Crippen molar-refractivity contribution >= 4 is 28.3 Å². The Morgan fingerprint density at radius 3 is 2.71 bits per heavy atom. The van der Waals surface area contributed by atoms with Crippen molar-refractivity contribution in [2.75, 3.05) is 18.0 Å². The van der Waals surface area contributed by atoms with E-state index < -0.39 is 0 Å². The highest BCUT2D eigenvalue weighted by atomic mass is 15.1. The Hall–Kier alpha value is -2.86. The number of rotatable bonds is 1. The second-order valence-corrected chi connectivity index (χ2v) is 6.38. The lowest BCUT2D eigenvalue weighted by molar-refractivity contribution is 0.892. The number of anilines is 2. The summed E-state index contributed by atoms with van der Waals surface area (Å²) in [4.78, 5) is 10.6. The number of allylic oxidation sites excluding steroid dienone is 1.